The predicted octanol–water partition coefficient (Wildman–Crippen LogP) is 1.54. The monoisotopic (exact) mass is 253 g/mol. The molecule has 1 heterocycles. The third-order valence-electron chi connectivity index (χ3n) is 2.71. The number of aromatic nitrogens is 3. The summed E-state index contributed by atoms with van der Waals surface area (Å²) in [6.45, 7) is 13.4. The van der Waals surface area contributed by atoms with Crippen LogP contribution in [0.25, 0.3) is 0 Å². The van der Waals surface area contributed by atoms with Crippen molar-refractivity contribution in [2.24, 2.45) is 11.1 Å². The van der Waals surface area contributed by atoms with Crippen molar-refractivity contribution in [2.75, 3.05) is 6.54 Å². The van der Waals surface area contributed by atoms with Crippen LogP contribution in [0.3, 0.4) is 0 Å². The zero-order valence-electron chi connectivity index (χ0n) is 12.3. The Morgan fingerprint density at radius 3 is 2.44 bits per heavy atom. The quantitative estimate of drug-likeness (QED) is 0.807. The lowest BCUT2D eigenvalue weighted by Gasteiger charge is -2.33. The number of nitrogens with one attached hydrogen (secondary N) is 1. The molecule has 0 saturated heterocycles. The maximum atomic E-state index is 5.50. The van der Waals surface area contributed by atoms with E-state index in [1.807, 2.05) is 10.9 Å². The number of nitrogens with two attached hydrogens (primary N) is 1. The average molecular weight is 253 g/mol. The van der Waals surface area contributed by atoms with Crippen molar-refractivity contribution in [1.82, 2.24) is 20.3 Å². The molecule has 0 aliphatic carbocycles. The molecule has 0 atom stereocenters. The Morgan fingerprint density at radius 1 is 1.28 bits per heavy atom. The Bertz CT molecular complexity index is 362. The molecule has 0 amide bonds. The van der Waals surface area contributed by atoms with E-state index < -0.39 is 0 Å². The van der Waals surface area contributed by atoms with E-state index >= 15 is 0 Å². The SMILES string of the molecule is CC(C)(C)CC(C)(C)NCCn1cc(CN)nn1. The minimum Gasteiger partial charge on any atom is -0.325 e. The lowest BCUT2D eigenvalue weighted by Crippen LogP contribution is -2.43. The highest BCUT2D eigenvalue weighted by Gasteiger charge is 2.24. The van der Waals surface area contributed by atoms with Crippen LogP contribution in [0.5, 0.6) is 0 Å². The summed E-state index contributed by atoms with van der Waals surface area (Å²) in [4.78, 5) is 0. The van der Waals surface area contributed by atoms with Crippen LogP contribution in [-0.4, -0.2) is 27.1 Å². The molecule has 104 valence electrons. The van der Waals surface area contributed by atoms with E-state index in [1.54, 1.807) is 0 Å². The van der Waals surface area contributed by atoms with Crippen LogP contribution in [0.2, 0.25) is 0 Å². The molecule has 0 aliphatic heterocycles. The van der Waals surface area contributed by atoms with Gasteiger partial charge in [-0.3, -0.25) is 4.68 Å². The molecule has 5 nitrogen and oxygen atoms in total. The number of hydrogen-bond acceptors (Lipinski definition) is 4. The van der Waals surface area contributed by atoms with E-state index in [0.717, 1.165) is 25.2 Å². The smallest absolute Gasteiger partial charge is 0.0962 e. The Labute approximate surface area is 110 Å². The lowest BCUT2D eigenvalue weighted by molar-refractivity contribution is 0.239. The van der Waals surface area contributed by atoms with E-state index in [1.165, 1.54) is 0 Å². The molecule has 0 radical (unpaired) electrons. The highest BCUT2D eigenvalue weighted by atomic mass is 15.4. The lowest BCUT2D eigenvalue weighted by atomic mass is 9.82. The van der Waals surface area contributed by atoms with Gasteiger partial charge < -0.3 is 11.1 Å². The van der Waals surface area contributed by atoms with Gasteiger partial charge in [0.1, 0.15) is 0 Å². The molecule has 0 spiro atoms. The van der Waals surface area contributed by atoms with Crippen LogP contribution in [0.1, 0.15) is 46.7 Å². The fraction of sp³-hybridized carbons (Fsp3) is 0.846. The van der Waals surface area contributed by atoms with Gasteiger partial charge in [-0.1, -0.05) is 26.0 Å². The second-order valence-electron chi connectivity index (χ2n) is 6.73. The van der Waals surface area contributed by atoms with Gasteiger partial charge in [-0.2, -0.15) is 0 Å². The van der Waals surface area contributed by atoms with Gasteiger partial charge in [-0.05, 0) is 25.7 Å². The van der Waals surface area contributed by atoms with E-state index in [0.29, 0.717) is 12.0 Å². The van der Waals surface area contributed by atoms with Crippen molar-refractivity contribution in [1.29, 1.82) is 0 Å². The van der Waals surface area contributed by atoms with Crippen LogP contribution in [0.4, 0.5) is 0 Å². The van der Waals surface area contributed by atoms with Crippen LogP contribution in [0.15, 0.2) is 6.20 Å². The fourth-order valence-electron chi connectivity index (χ4n) is 2.44. The van der Waals surface area contributed by atoms with Crippen LogP contribution in [0, 0.1) is 5.41 Å². The van der Waals surface area contributed by atoms with Crippen molar-refractivity contribution in [3.8, 4) is 0 Å². The first-order chi connectivity index (χ1) is 8.22. The molecular weight excluding hydrogens is 226 g/mol. The van der Waals surface area contributed by atoms with Gasteiger partial charge in [-0.25, -0.2) is 0 Å². The molecule has 0 saturated carbocycles. The minimum atomic E-state index is 0.134. The van der Waals surface area contributed by atoms with E-state index in [-0.39, 0.29) is 5.54 Å². The van der Waals surface area contributed by atoms with Gasteiger partial charge in [0, 0.05) is 24.8 Å². The highest BCUT2D eigenvalue weighted by molar-refractivity contribution is 4.90. The maximum Gasteiger partial charge on any atom is 0.0962 e. The average Bonchev–Trinajstić information content (AvgIpc) is 2.61. The summed E-state index contributed by atoms with van der Waals surface area (Å²) >= 11 is 0. The second kappa shape index (κ2) is 5.80. The highest BCUT2D eigenvalue weighted by Crippen LogP contribution is 2.26. The zero-order chi connectivity index (χ0) is 13.8. The molecule has 1 aromatic heterocycles. The topological polar surface area (TPSA) is 68.8 Å². The summed E-state index contributed by atoms with van der Waals surface area (Å²) in [7, 11) is 0. The molecule has 0 aromatic carbocycles. The fourth-order valence-corrected chi connectivity index (χ4v) is 2.44. The van der Waals surface area contributed by atoms with Gasteiger partial charge in [0.15, 0.2) is 0 Å². The molecule has 3 N–H and O–H groups in total. The molecule has 0 fully saturated rings. The third kappa shape index (κ3) is 5.60. The first-order valence-electron chi connectivity index (χ1n) is 6.56. The standard InChI is InChI=1S/C13H27N5/c1-12(2,3)10-13(4,5)15-6-7-18-9-11(8-14)16-17-18/h9,15H,6-8,10,14H2,1-5H3. The van der Waals surface area contributed by atoms with Crippen LogP contribution >= 0.6 is 0 Å². The molecule has 1 aromatic rings. The number of nitrogens with zero attached hydrogens (tertiary/aromatic N) is 3. The van der Waals surface area contributed by atoms with Gasteiger partial charge in [-0.15, -0.1) is 5.10 Å². The molecule has 5 heteroatoms. The van der Waals surface area contributed by atoms with Gasteiger partial charge in [0.2, 0.25) is 0 Å². The normalized spacial score (nSPS) is 13.0. The summed E-state index contributed by atoms with van der Waals surface area (Å²) in [6, 6.07) is 0. The van der Waals surface area contributed by atoms with Crippen LogP contribution in [-0.2, 0) is 13.1 Å². The maximum absolute atomic E-state index is 5.50. The first kappa shape index (κ1) is 15.1. The van der Waals surface area contributed by atoms with E-state index in [2.05, 4.69) is 50.2 Å². The summed E-state index contributed by atoms with van der Waals surface area (Å²) in [6.07, 6.45) is 3.03. The number of hydrogen-bond donors (Lipinski definition) is 2. The summed E-state index contributed by atoms with van der Waals surface area (Å²) in [5.41, 5.74) is 6.80. The van der Waals surface area contributed by atoms with Crippen molar-refractivity contribution in [2.45, 2.75) is 59.7 Å². The zero-order valence-corrected chi connectivity index (χ0v) is 12.3. The van der Waals surface area contributed by atoms with E-state index in [4.69, 9.17) is 5.73 Å². The Hall–Kier alpha value is -0.940. The first-order valence-corrected chi connectivity index (χ1v) is 6.56. The largest absolute Gasteiger partial charge is 0.325 e. The van der Waals surface area contributed by atoms with Crippen LogP contribution < -0.4 is 11.1 Å². The van der Waals surface area contributed by atoms with Gasteiger partial charge in [0.25, 0.3) is 0 Å². The van der Waals surface area contributed by atoms with Crippen molar-refractivity contribution >= 4 is 0 Å². The Balaban J connectivity index is 2.36. The minimum absolute atomic E-state index is 0.134. The molecule has 1 rings (SSSR count). The Morgan fingerprint density at radius 2 is 1.94 bits per heavy atom. The molecule has 0 aliphatic rings. The van der Waals surface area contributed by atoms with E-state index in [9.17, 15) is 0 Å². The molecular formula is C13H27N5. The summed E-state index contributed by atoms with van der Waals surface area (Å²) < 4.78 is 1.84. The molecule has 0 unspecified atom stereocenters. The van der Waals surface area contributed by atoms with Gasteiger partial charge in [0.05, 0.1) is 12.2 Å². The van der Waals surface area contributed by atoms with Crippen molar-refractivity contribution in [3.63, 3.8) is 0 Å². The molecule has 18 heavy (non-hydrogen) atoms. The predicted molar refractivity (Wildman–Crippen MR) is 74.1 cm³/mol. The summed E-state index contributed by atoms with van der Waals surface area (Å²) in [5.74, 6) is 0. The van der Waals surface area contributed by atoms with Gasteiger partial charge >= 0.3 is 0 Å². The second-order valence-corrected chi connectivity index (χ2v) is 6.73. The molecule has 0 bridgehead atoms. The number of rotatable bonds is 6. The third-order valence-corrected chi connectivity index (χ3v) is 2.71. The Kier molecular flexibility index (Phi) is 4.87. The van der Waals surface area contributed by atoms with Crippen molar-refractivity contribution < 1.29 is 0 Å². The summed E-state index contributed by atoms with van der Waals surface area (Å²) in [5, 5.41) is 11.6. The van der Waals surface area contributed by atoms with Crippen molar-refractivity contribution in [3.05, 3.63) is 11.9 Å².